The van der Waals surface area contributed by atoms with Crippen molar-refractivity contribution in [1.29, 1.82) is 5.26 Å². The Labute approximate surface area is 135 Å². The van der Waals surface area contributed by atoms with Crippen LogP contribution in [0.4, 0.5) is 0 Å². The molecule has 3 rings (SSSR count). The van der Waals surface area contributed by atoms with Gasteiger partial charge in [0.05, 0.1) is 16.1 Å². The van der Waals surface area contributed by atoms with Crippen LogP contribution in [0.3, 0.4) is 0 Å². The third kappa shape index (κ3) is 2.96. The van der Waals surface area contributed by atoms with E-state index in [1.807, 2.05) is 6.07 Å². The van der Waals surface area contributed by atoms with Crippen molar-refractivity contribution in [2.75, 3.05) is 0 Å². The number of carbonyl (C=O) groups is 1. The summed E-state index contributed by atoms with van der Waals surface area (Å²) in [6.07, 6.45) is 0. The Bertz CT molecular complexity index is 943. The smallest absolute Gasteiger partial charge is 0.335 e. The molecule has 114 valence electrons. The van der Waals surface area contributed by atoms with Crippen molar-refractivity contribution >= 4 is 28.7 Å². The zero-order valence-corrected chi connectivity index (χ0v) is 12.4. The number of nitrogens with zero attached hydrogens (tertiary/aromatic N) is 2. The molecule has 0 amide bonds. The molecule has 0 aliphatic rings. The highest BCUT2D eigenvalue weighted by Gasteiger charge is 2.13. The van der Waals surface area contributed by atoms with Crippen molar-refractivity contribution in [3.63, 3.8) is 0 Å². The topological polar surface area (TPSA) is 96.3 Å². The van der Waals surface area contributed by atoms with E-state index in [0.29, 0.717) is 21.7 Å². The van der Waals surface area contributed by atoms with Crippen LogP contribution in [-0.4, -0.2) is 16.1 Å². The molecule has 3 aromatic rings. The molecule has 0 saturated carbocycles. The van der Waals surface area contributed by atoms with Crippen LogP contribution in [0.15, 0.2) is 40.8 Å². The van der Waals surface area contributed by atoms with E-state index >= 15 is 0 Å². The number of para-hydroxylation sites is 1. The first-order valence-corrected chi connectivity index (χ1v) is 6.90. The van der Waals surface area contributed by atoms with Gasteiger partial charge in [0.2, 0.25) is 5.89 Å². The molecule has 0 bridgehead atoms. The maximum absolute atomic E-state index is 10.9. The Morgan fingerprint density at radius 3 is 2.96 bits per heavy atom. The molecule has 2 aromatic carbocycles. The zero-order chi connectivity index (χ0) is 16.4. The number of hydrogen-bond donors (Lipinski definition) is 1. The normalized spacial score (nSPS) is 10.4. The summed E-state index contributed by atoms with van der Waals surface area (Å²) in [6, 6.07) is 11.2. The fourth-order valence-corrected chi connectivity index (χ4v) is 2.27. The van der Waals surface area contributed by atoms with Crippen LogP contribution in [-0.2, 0) is 6.61 Å². The number of ether oxygens (including phenoxy) is 1. The van der Waals surface area contributed by atoms with E-state index in [1.54, 1.807) is 24.3 Å². The number of oxazole rings is 1. The Morgan fingerprint density at radius 1 is 1.39 bits per heavy atom. The van der Waals surface area contributed by atoms with E-state index in [9.17, 15) is 4.79 Å². The molecule has 0 unspecified atom stereocenters. The molecule has 6 nitrogen and oxygen atoms in total. The highest BCUT2D eigenvalue weighted by Crippen LogP contribution is 2.29. The fourth-order valence-electron chi connectivity index (χ4n) is 2.04. The standard InChI is InChI=1S/C16H9ClN2O4/c17-11-3-1-2-10(7-18)15(11)22-8-14-19-12-5-4-9(16(20)21)6-13(12)23-14/h1-6H,8H2,(H,20,21). The minimum absolute atomic E-state index is 0.0322. The number of benzene rings is 2. The van der Waals surface area contributed by atoms with E-state index in [2.05, 4.69) is 4.98 Å². The quantitative estimate of drug-likeness (QED) is 0.785. The van der Waals surface area contributed by atoms with Gasteiger partial charge in [0.15, 0.2) is 17.9 Å². The molecule has 1 N–H and O–H groups in total. The lowest BCUT2D eigenvalue weighted by molar-refractivity contribution is 0.0697. The maximum atomic E-state index is 10.9. The van der Waals surface area contributed by atoms with Gasteiger partial charge in [0.25, 0.3) is 0 Å². The molecule has 23 heavy (non-hydrogen) atoms. The summed E-state index contributed by atoms with van der Waals surface area (Å²) < 4.78 is 11.0. The van der Waals surface area contributed by atoms with E-state index in [0.717, 1.165) is 0 Å². The van der Waals surface area contributed by atoms with Crippen molar-refractivity contribution in [2.24, 2.45) is 0 Å². The highest BCUT2D eigenvalue weighted by molar-refractivity contribution is 6.32. The number of carboxylic acid groups (broad SMARTS) is 1. The van der Waals surface area contributed by atoms with Gasteiger partial charge in [-0.15, -0.1) is 0 Å². The summed E-state index contributed by atoms with van der Waals surface area (Å²) in [7, 11) is 0. The molecular formula is C16H9ClN2O4. The number of carboxylic acids is 1. The van der Waals surface area contributed by atoms with Gasteiger partial charge in [0, 0.05) is 0 Å². The fraction of sp³-hybridized carbons (Fsp3) is 0.0625. The van der Waals surface area contributed by atoms with E-state index in [-0.39, 0.29) is 23.8 Å². The van der Waals surface area contributed by atoms with E-state index < -0.39 is 5.97 Å². The largest absolute Gasteiger partial charge is 0.481 e. The molecule has 1 aromatic heterocycles. The molecular weight excluding hydrogens is 320 g/mol. The lowest BCUT2D eigenvalue weighted by Gasteiger charge is -2.07. The van der Waals surface area contributed by atoms with E-state index in [1.165, 1.54) is 12.1 Å². The lowest BCUT2D eigenvalue weighted by Crippen LogP contribution is -1.98. The predicted octanol–water partition coefficient (Wildman–Crippen LogP) is 3.63. The number of hydrogen-bond acceptors (Lipinski definition) is 5. The molecule has 0 aliphatic carbocycles. The number of rotatable bonds is 4. The molecule has 0 atom stereocenters. The van der Waals surface area contributed by atoms with E-state index in [4.69, 9.17) is 31.1 Å². The monoisotopic (exact) mass is 328 g/mol. The summed E-state index contributed by atoms with van der Waals surface area (Å²) in [4.78, 5) is 15.1. The zero-order valence-electron chi connectivity index (χ0n) is 11.6. The van der Waals surface area contributed by atoms with Crippen molar-refractivity contribution in [3.05, 3.63) is 58.4 Å². The molecule has 1 heterocycles. The van der Waals surface area contributed by atoms with Gasteiger partial charge in [-0.3, -0.25) is 0 Å². The average molecular weight is 329 g/mol. The molecule has 0 radical (unpaired) electrons. The predicted molar refractivity (Wildman–Crippen MR) is 81.5 cm³/mol. The summed E-state index contributed by atoms with van der Waals surface area (Å²) in [5.74, 6) is -0.535. The molecule has 7 heteroatoms. The Balaban J connectivity index is 1.86. The minimum Gasteiger partial charge on any atom is -0.481 e. The van der Waals surface area contributed by atoms with Crippen LogP contribution < -0.4 is 4.74 Å². The molecule has 0 fully saturated rings. The summed E-state index contributed by atoms with van der Waals surface area (Å²) >= 11 is 6.02. The molecule has 0 spiro atoms. The van der Waals surface area contributed by atoms with Gasteiger partial charge < -0.3 is 14.3 Å². The van der Waals surface area contributed by atoms with Crippen molar-refractivity contribution < 1.29 is 19.1 Å². The number of aromatic carboxylic acids is 1. The Morgan fingerprint density at radius 2 is 2.22 bits per heavy atom. The highest BCUT2D eigenvalue weighted by atomic mass is 35.5. The SMILES string of the molecule is N#Cc1cccc(Cl)c1OCc1nc2ccc(C(=O)O)cc2o1. The summed E-state index contributed by atoms with van der Waals surface area (Å²) in [5.41, 5.74) is 1.29. The Kier molecular flexibility index (Phi) is 3.87. The number of aromatic nitrogens is 1. The van der Waals surface area contributed by atoms with Gasteiger partial charge >= 0.3 is 5.97 Å². The second-order valence-electron chi connectivity index (χ2n) is 4.61. The van der Waals surface area contributed by atoms with Gasteiger partial charge in [0.1, 0.15) is 11.6 Å². The first kappa shape index (κ1) is 14.9. The van der Waals surface area contributed by atoms with Crippen molar-refractivity contribution in [1.82, 2.24) is 4.98 Å². The van der Waals surface area contributed by atoms with Crippen LogP contribution in [0, 0.1) is 11.3 Å². The van der Waals surface area contributed by atoms with Gasteiger partial charge in [-0.25, -0.2) is 9.78 Å². The van der Waals surface area contributed by atoms with Gasteiger partial charge in [-0.1, -0.05) is 17.7 Å². The first-order valence-electron chi connectivity index (χ1n) is 6.52. The Hall–Kier alpha value is -3.04. The minimum atomic E-state index is -1.05. The van der Waals surface area contributed by atoms with Crippen LogP contribution in [0.5, 0.6) is 5.75 Å². The van der Waals surface area contributed by atoms with Gasteiger partial charge in [-0.2, -0.15) is 5.26 Å². The maximum Gasteiger partial charge on any atom is 0.335 e. The third-order valence-corrected chi connectivity index (χ3v) is 3.40. The van der Waals surface area contributed by atoms with Crippen LogP contribution in [0.2, 0.25) is 5.02 Å². The van der Waals surface area contributed by atoms with Gasteiger partial charge in [-0.05, 0) is 30.3 Å². The second-order valence-corrected chi connectivity index (χ2v) is 5.02. The molecule has 0 aliphatic heterocycles. The summed E-state index contributed by atoms with van der Waals surface area (Å²) in [5, 5.41) is 18.3. The third-order valence-electron chi connectivity index (χ3n) is 3.11. The van der Waals surface area contributed by atoms with Crippen molar-refractivity contribution in [3.8, 4) is 11.8 Å². The first-order chi connectivity index (χ1) is 11.1. The van der Waals surface area contributed by atoms with Crippen LogP contribution >= 0.6 is 11.6 Å². The van der Waals surface area contributed by atoms with Crippen LogP contribution in [0.25, 0.3) is 11.1 Å². The second kappa shape index (κ2) is 5.99. The average Bonchev–Trinajstić information content (AvgIpc) is 2.95. The number of fused-ring (bicyclic) bond motifs is 1. The number of nitriles is 1. The lowest BCUT2D eigenvalue weighted by atomic mass is 10.2. The summed E-state index contributed by atoms with van der Waals surface area (Å²) in [6.45, 7) is -0.0322. The molecule has 0 saturated heterocycles. The van der Waals surface area contributed by atoms with Crippen molar-refractivity contribution in [2.45, 2.75) is 6.61 Å². The number of halogens is 1. The van der Waals surface area contributed by atoms with Crippen LogP contribution in [0.1, 0.15) is 21.8 Å².